The molecule has 1 aliphatic heterocycles. The number of hydrogen-bond acceptors (Lipinski definition) is 4. The molecular formula is C19H22N2O3. The molecule has 0 saturated carbocycles. The van der Waals surface area contributed by atoms with E-state index in [1.807, 2.05) is 54.4 Å². The van der Waals surface area contributed by atoms with Crippen molar-refractivity contribution in [3.8, 4) is 11.5 Å². The third kappa shape index (κ3) is 3.86. The standard InChI is InChI=1S/C19H22N2O3/c1-3-15-6-4-5-7-16(15)20-19(22)12-21(2)11-14-8-9-17-18(10-14)24-13-23-17/h4-10H,3,11-13H2,1-2H3,(H,20,22). The Bertz CT molecular complexity index is 730. The topological polar surface area (TPSA) is 50.8 Å². The predicted molar refractivity (Wildman–Crippen MR) is 93.3 cm³/mol. The smallest absolute Gasteiger partial charge is 0.238 e. The van der Waals surface area contributed by atoms with Crippen LogP contribution in [0.5, 0.6) is 11.5 Å². The summed E-state index contributed by atoms with van der Waals surface area (Å²) in [6.07, 6.45) is 0.892. The molecule has 1 aliphatic rings. The number of carbonyl (C=O) groups is 1. The van der Waals surface area contributed by atoms with Crippen molar-refractivity contribution in [2.75, 3.05) is 25.7 Å². The number of hydrogen-bond donors (Lipinski definition) is 1. The Morgan fingerprint density at radius 1 is 1.17 bits per heavy atom. The molecule has 0 aliphatic carbocycles. The summed E-state index contributed by atoms with van der Waals surface area (Å²) in [6, 6.07) is 13.8. The van der Waals surface area contributed by atoms with Gasteiger partial charge in [-0.3, -0.25) is 9.69 Å². The van der Waals surface area contributed by atoms with Gasteiger partial charge in [0.1, 0.15) is 0 Å². The van der Waals surface area contributed by atoms with E-state index < -0.39 is 0 Å². The highest BCUT2D eigenvalue weighted by atomic mass is 16.7. The Kier molecular flexibility index (Phi) is 5.01. The highest BCUT2D eigenvalue weighted by Crippen LogP contribution is 2.32. The number of benzene rings is 2. The minimum atomic E-state index is -0.0147. The summed E-state index contributed by atoms with van der Waals surface area (Å²) in [5.74, 6) is 1.52. The summed E-state index contributed by atoms with van der Waals surface area (Å²) in [6.45, 7) is 3.34. The molecule has 1 amide bonds. The minimum absolute atomic E-state index is 0.0147. The van der Waals surface area contributed by atoms with E-state index in [1.54, 1.807) is 0 Å². The number of likely N-dealkylation sites (N-methyl/N-ethyl adjacent to an activating group) is 1. The first kappa shape index (κ1) is 16.3. The summed E-state index contributed by atoms with van der Waals surface area (Å²) in [7, 11) is 1.93. The van der Waals surface area contributed by atoms with Gasteiger partial charge >= 0.3 is 0 Å². The predicted octanol–water partition coefficient (Wildman–Crippen LogP) is 3.05. The molecular weight excluding hydrogens is 304 g/mol. The Morgan fingerprint density at radius 2 is 1.96 bits per heavy atom. The molecule has 0 unspecified atom stereocenters. The summed E-state index contributed by atoms with van der Waals surface area (Å²) >= 11 is 0. The molecule has 1 heterocycles. The third-order valence-electron chi connectivity index (χ3n) is 3.98. The molecule has 0 bridgehead atoms. The first-order chi connectivity index (χ1) is 11.7. The van der Waals surface area contributed by atoms with E-state index >= 15 is 0 Å². The molecule has 0 aromatic heterocycles. The Balaban J connectivity index is 1.56. The molecule has 1 N–H and O–H groups in total. The normalized spacial score (nSPS) is 12.5. The number of anilines is 1. The van der Waals surface area contributed by atoms with Crippen molar-refractivity contribution in [3.05, 3.63) is 53.6 Å². The van der Waals surface area contributed by atoms with Crippen LogP contribution in [-0.4, -0.2) is 31.2 Å². The number of fused-ring (bicyclic) bond motifs is 1. The van der Waals surface area contributed by atoms with Crippen molar-refractivity contribution in [1.29, 1.82) is 0 Å². The third-order valence-corrected chi connectivity index (χ3v) is 3.98. The van der Waals surface area contributed by atoms with Gasteiger partial charge in [-0.25, -0.2) is 0 Å². The second kappa shape index (κ2) is 7.36. The van der Waals surface area contributed by atoms with Gasteiger partial charge in [0, 0.05) is 12.2 Å². The van der Waals surface area contributed by atoms with Crippen LogP contribution in [0.25, 0.3) is 0 Å². The van der Waals surface area contributed by atoms with Crippen molar-refractivity contribution in [2.24, 2.45) is 0 Å². The highest BCUT2D eigenvalue weighted by Gasteiger charge is 2.15. The fourth-order valence-corrected chi connectivity index (χ4v) is 2.79. The van der Waals surface area contributed by atoms with Crippen molar-refractivity contribution in [3.63, 3.8) is 0 Å². The monoisotopic (exact) mass is 326 g/mol. The first-order valence-electron chi connectivity index (χ1n) is 8.10. The van der Waals surface area contributed by atoms with Crippen LogP contribution in [-0.2, 0) is 17.8 Å². The Labute approximate surface area is 142 Å². The minimum Gasteiger partial charge on any atom is -0.454 e. The van der Waals surface area contributed by atoms with Crippen LogP contribution >= 0.6 is 0 Å². The average molecular weight is 326 g/mol. The molecule has 126 valence electrons. The second-order valence-corrected chi connectivity index (χ2v) is 5.92. The number of para-hydroxylation sites is 1. The molecule has 0 spiro atoms. The average Bonchev–Trinajstić information content (AvgIpc) is 3.02. The van der Waals surface area contributed by atoms with Crippen molar-refractivity contribution in [1.82, 2.24) is 4.90 Å². The van der Waals surface area contributed by atoms with Gasteiger partial charge in [-0.15, -0.1) is 0 Å². The van der Waals surface area contributed by atoms with Gasteiger partial charge in [-0.2, -0.15) is 0 Å². The van der Waals surface area contributed by atoms with Crippen LogP contribution in [0.3, 0.4) is 0 Å². The lowest BCUT2D eigenvalue weighted by atomic mass is 10.1. The van der Waals surface area contributed by atoms with E-state index in [9.17, 15) is 4.79 Å². The molecule has 24 heavy (non-hydrogen) atoms. The number of nitrogens with one attached hydrogen (secondary N) is 1. The van der Waals surface area contributed by atoms with Gasteiger partial charge < -0.3 is 14.8 Å². The molecule has 2 aromatic rings. The first-order valence-corrected chi connectivity index (χ1v) is 8.10. The fraction of sp³-hybridized carbons (Fsp3) is 0.316. The lowest BCUT2D eigenvalue weighted by Gasteiger charge is -2.17. The summed E-state index contributed by atoms with van der Waals surface area (Å²) in [5.41, 5.74) is 3.12. The lowest BCUT2D eigenvalue weighted by molar-refractivity contribution is -0.117. The van der Waals surface area contributed by atoms with Crippen molar-refractivity contribution >= 4 is 11.6 Å². The van der Waals surface area contributed by atoms with Gasteiger partial charge in [0.05, 0.1) is 6.54 Å². The molecule has 0 saturated heterocycles. The SMILES string of the molecule is CCc1ccccc1NC(=O)CN(C)Cc1ccc2c(c1)OCO2. The fourth-order valence-electron chi connectivity index (χ4n) is 2.79. The zero-order valence-electron chi connectivity index (χ0n) is 14.0. The number of nitrogens with zero attached hydrogens (tertiary/aromatic N) is 1. The molecule has 5 nitrogen and oxygen atoms in total. The summed E-state index contributed by atoms with van der Waals surface area (Å²) < 4.78 is 10.7. The quantitative estimate of drug-likeness (QED) is 0.886. The number of carbonyl (C=O) groups excluding carboxylic acids is 1. The molecule has 2 aromatic carbocycles. The second-order valence-electron chi connectivity index (χ2n) is 5.92. The van der Waals surface area contributed by atoms with E-state index in [2.05, 4.69) is 12.2 Å². The van der Waals surface area contributed by atoms with E-state index in [-0.39, 0.29) is 12.7 Å². The van der Waals surface area contributed by atoms with Crippen molar-refractivity contribution < 1.29 is 14.3 Å². The lowest BCUT2D eigenvalue weighted by Crippen LogP contribution is -2.30. The molecule has 5 heteroatoms. The van der Waals surface area contributed by atoms with Crippen LogP contribution in [0.15, 0.2) is 42.5 Å². The van der Waals surface area contributed by atoms with E-state index in [0.29, 0.717) is 13.1 Å². The van der Waals surface area contributed by atoms with Crippen LogP contribution in [0, 0.1) is 0 Å². The van der Waals surface area contributed by atoms with Crippen LogP contribution in [0.4, 0.5) is 5.69 Å². The number of amides is 1. The Morgan fingerprint density at radius 3 is 2.79 bits per heavy atom. The molecule has 0 radical (unpaired) electrons. The maximum atomic E-state index is 12.3. The maximum Gasteiger partial charge on any atom is 0.238 e. The maximum absolute atomic E-state index is 12.3. The number of rotatable bonds is 6. The van der Waals surface area contributed by atoms with Gasteiger partial charge in [0.2, 0.25) is 12.7 Å². The van der Waals surface area contributed by atoms with Gasteiger partial charge in [-0.1, -0.05) is 31.2 Å². The van der Waals surface area contributed by atoms with Crippen molar-refractivity contribution in [2.45, 2.75) is 19.9 Å². The van der Waals surface area contributed by atoms with Crippen LogP contribution < -0.4 is 14.8 Å². The van der Waals surface area contributed by atoms with Crippen LogP contribution in [0.1, 0.15) is 18.1 Å². The zero-order chi connectivity index (χ0) is 16.9. The molecule has 0 atom stereocenters. The van der Waals surface area contributed by atoms with E-state index in [0.717, 1.165) is 34.7 Å². The largest absolute Gasteiger partial charge is 0.454 e. The molecule has 0 fully saturated rings. The Hall–Kier alpha value is -2.53. The van der Waals surface area contributed by atoms with Gasteiger partial charge in [0.15, 0.2) is 11.5 Å². The highest BCUT2D eigenvalue weighted by molar-refractivity contribution is 5.92. The van der Waals surface area contributed by atoms with E-state index in [1.165, 1.54) is 0 Å². The van der Waals surface area contributed by atoms with Gasteiger partial charge in [0.25, 0.3) is 0 Å². The zero-order valence-corrected chi connectivity index (χ0v) is 14.0. The molecule has 3 rings (SSSR count). The number of ether oxygens (including phenoxy) is 2. The van der Waals surface area contributed by atoms with Gasteiger partial charge in [-0.05, 0) is 42.8 Å². The summed E-state index contributed by atoms with van der Waals surface area (Å²) in [4.78, 5) is 14.2. The van der Waals surface area contributed by atoms with E-state index in [4.69, 9.17) is 9.47 Å². The summed E-state index contributed by atoms with van der Waals surface area (Å²) in [5, 5.41) is 2.99. The van der Waals surface area contributed by atoms with Crippen LogP contribution in [0.2, 0.25) is 0 Å². The number of aryl methyl sites for hydroxylation is 1.